The van der Waals surface area contributed by atoms with Gasteiger partial charge in [-0.05, 0) is 58.0 Å². The second-order valence-corrected chi connectivity index (χ2v) is 7.80. The average Bonchev–Trinajstić information content (AvgIpc) is 2.73. The molecule has 7 nitrogen and oxygen atoms in total. The van der Waals surface area contributed by atoms with Crippen molar-refractivity contribution >= 4 is 34.7 Å². The predicted octanol–water partition coefficient (Wildman–Crippen LogP) is 2.80. The fourth-order valence-electron chi connectivity index (χ4n) is 2.91. The summed E-state index contributed by atoms with van der Waals surface area (Å²) in [6, 6.07) is 9.89. The van der Waals surface area contributed by atoms with Crippen molar-refractivity contribution in [1.29, 1.82) is 0 Å². The number of morpholine rings is 1. The minimum absolute atomic E-state index is 0.176. The van der Waals surface area contributed by atoms with Crippen molar-refractivity contribution in [2.75, 3.05) is 40.0 Å². The zero-order chi connectivity index (χ0) is 21.3. The van der Waals surface area contributed by atoms with Gasteiger partial charge in [0.25, 0.3) is 5.91 Å². The number of nitrogens with one attached hydrogen (secondary N) is 1. The highest BCUT2D eigenvalue weighted by Crippen LogP contribution is 2.34. The number of methoxy groups -OCH3 is 1. The topological polar surface area (TPSA) is 72.4 Å². The summed E-state index contributed by atoms with van der Waals surface area (Å²) in [5.41, 5.74) is 4.01. The van der Waals surface area contributed by atoms with Crippen LogP contribution in [0.1, 0.15) is 11.1 Å². The van der Waals surface area contributed by atoms with Crippen molar-refractivity contribution in [3.05, 3.63) is 56.9 Å². The standard InChI is InChI=1S/C21H23FIN3O4/c1-28-19-11-16(12-24-25-20(27)13-26-5-7-29-8-6-26)10-18(23)21(19)30-14-15-3-2-4-17(22)9-15/h2-4,9-12H,5-8,13-14H2,1H3,(H,25,27)/b24-12+. The molecule has 1 heterocycles. The normalized spacial score (nSPS) is 14.6. The van der Waals surface area contributed by atoms with Gasteiger partial charge in [-0.1, -0.05) is 12.1 Å². The quantitative estimate of drug-likeness (QED) is 0.325. The highest BCUT2D eigenvalue weighted by molar-refractivity contribution is 14.1. The van der Waals surface area contributed by atoms with Crippen LogP contribution in [0.4, 0.5) is 4.39 Å². The van der Waals surface area contributed by atoms with Crippen molar-refractivity contribution in [1.82, 2.24) is 10.3 Å². The van der Waals surface area contributed by atoms with E-state index in [1.165, 1.54) is 12.1 Å². The van der Waals surface area contributed by atoms with Gasteiger partial charge < -0.3 is 14.2 Å². The summed E-state index contributed by atoms with van der Waals surface area (Å²) in [6.07, 6.45) is 1.55. The number of amides is 1. The lowest BCUT2D eigenvalue weighted by Crippen LogP contribution is -2.42. The first kappa shape index (κ1) is 22.4. The number of hydrazone groups is 1. The lowest BCUT2D eigenvalue weighted by molar-refractivity contribution is -0.123. The van der Waals surface area contributed by atoms with Gasteiger partial charge in [0.2, 0.25) is 0 Å². The Morgan fingerprint density at radius 1 is 1.33 bits per heavy atom. The third-order valence-electron chi connectivity index (χ3n) is 4.40. The molecule has 1 N–H and O–H groups in total. The minimum Gasteiger partial charge on any atom is -0.493 e. The molecule has 0 aromatic heterocycles. The van der Waals surface area contributed by atoms with Crippen LogP contribution in [0.25, 0.3) is 0 Å². The Bertz CT molecular complexity index is 904. The Hall–Kier alpha value is -2.24. The molecule has 0 radical (unpaired) electrons. The molecule has 2 aromatic carbocycles. The molecule has 0 aliphatic carbocycles. The molecule has 0 atom stereocenters. The van der Waals surface area contributed by atoms with Crippen LogP contribution in [0.5, 0.6) is 11.5 Å². The van der Waals surface area contributed by atoms with Gasteiger partial charge in [-0.25, -0.2) is 9.82 Å². The van der Waals surface area contributed by atoms with Crippen LogP contribution in [0.2, 0.25) is 0 Å². The SMILES string of the molecule is COc1cc(/C=N/NC(=O)CN2CCOCC2)cc(I)c1OCc1cccc(F)c1. The number of rotatable bonds is 8. The fourth-order valence-corrected chi connectivity index (χ4v) is 3.69. The van der Waals surface area contributed by atoms with Gasteiger partial charge in [-0.15, -0.1) is 0 Å². The van der Waals surface area contributed by atoms with E-state index in [1.54, 1.807) is 31.5 Å². The first-order valence-corrected chi connectivity index (χ1v) is 10.5. The molecule has 1 fully saturated rings. The third-order valence-corrected chi connectivity index (χ3v) is 5.20. The number of benzene rings is 2. The van der Waals surface area contributed by atoms with E-state index in [0.29, 0.717) is 24.7 Å². The molecule has 3 rings (SSSR count). The third kappa shape index (κ3) is 6.64. The first-order valence-electron chi connectivity index (χ1n) is 9.42. The first-order chi connectivity index (χ1) is 14.5. The van der Waals surface area contributed by atoms with Gasteiger partial charge in [0.1, 0.15) is 12.4 Å². The van der Waals surface area contributed by atoms with Crippen molar-refractivity contribution in [2.45, 2.75) is 6.61 Å². The zero-order valence-corrected chi connectivity index (χ0v) is 18.7. The van der Waals surface area contributed by atoms with Crippen LogP contribution < -0.4 is 14.9 Å². The van der Waals surface area contributed by atoms with Crippen molar-refractivity contribution in [3.8, 4) is 11.5 Å². The lowest BCUT2D eigenvalue weighted by atomic mass is 10.2. The van der Waals surface area contributed by atoms with Crippen LogP contribution in [-0.4, -0.2) is 57.0 Å². The molecule has 30 heavy (non-hydrogen) atoms. The summed E-state index contributed by atoms with van der Waals surface area (Å²) in [6.45, 7) is 3.27. The number of halogens is 2. The summed E-state index contributed by atoms with van der Waals surface area (Å²) in [4.78, 5) is 14.0. The number of ether oxygens (including phenoxy) is 3. The smallest absolute Gasteiger partial charge is 0.254 e. The second kappa shape index (κ2) is 11.2. The maximum Gasteiger partial charge on any atom is 0.254 e. The van der Waals surface area contributed by atoms with Crippen molar-refractivity contribution < 1.29 is 23.4 Å². The van der Waals surface area contributed by atoms with Crippen LogP contribution in [-0.2, 0) is 16.1 Å². The van der Waals surface area contributed by atoms with Gasteiger partial charge in [-0.3, -0.25) is 9.69 Å². The summed E-state index contributed by atoms with van der Waals surface area (Å²) in [5.74, 6) is 0.611. The summed E-state index contributed by atoms with van der Waals surface area (Å²) in [7, 11) is 1.55. The van der Waals surface area contributed by atoms with E-state index in [0.717, 1.165) is 27.8 Å². The summed E-state index contributed by atoms with van der Waals surface area (Å²) >= 11 is 2.14. The molecule has 1 amide bonds. The Kier molecular flexibility index (Phi) is 8.40. The van der Waals surface area contributed by atoms with Crippen LogP contribution in [0.15, 0.2) is 41.5 Å². The monoisotopic (exact) mass is 527 g/mol. The maximum absolute atomic E-state index is 13.3. The fraction of sp³-hybridized carbons (Fsp3) is 0.333. The van der Waals surface area contributed by atoms with Crippen molar-refractivity contribution in [2.24, 2.45) is 5.10 Å². The number of carbonyl (C=O) groups excluding carboxylic acids is 1. The number of hydrogen-bond donors (Lipinski definition) is 1. The van der Waals surface area contributed by atoms with E-state index in [-0.39, 0.29) is 24.9 Å². The molecule has 0 unspecified atom stereocenters. The van der Waals surface area contributed by atoms with Crippen LogP contribution in [0, 0.1) is 9.39 Å². The van der Waals surface area contributed by atoms with Gasteiger partial charge in [0.15, 0.2) is 11.5 Å². The molecule has 1 saturated heterocycles. The number of nitrogens with zero attached hydrogens (tertiary/aromatic N) is 2. The molecule has 0 spiro atoms. The molecule has 160 valence electrons. The summed E-state index contributed by atoms with van der Waals surface area (Å²) in [5, 5.41) is 4.03. The Balaban J connectivity index is 1.59. The van der Waals surface area contributed by atoms with Gasteiger partial charge in [0.05, 0.1) is 36.7 Å². The van der Waals surface area contributed by atoms with Crippen molar-refractivity contribution in [3.63, 3.8) is 0 Å². The predicted molar refractivity (Wildman–Crippen MR) is 119 cm³/mol. The largest absolute Gasteiger partial charge is 0.493 e. The second-order valence-electron chi connectivity index (χ2n) is 6.63. The Morgan fingerprint density at radius 3 is 2.87 bits per heavy atom. The average molecular weight is 527 g/mol. The molecule has 0 bridgehead atoms. The molecule has 1 aliphatic rings. The van der Waals surface area contributed by atoms with E-state index in [4.69, 9.17) is 14.2 Å². The summed E-state index contributed by atoms with van der Waals surface area (Å²) < 4.78 is 30.7. The molecular formula is C21H23FIN3O4. The van der Waals surface area contributed by atoms with E-state index in [2.05, 4.69) is 33.1 Å². The van der Waals surface area contributed by atoms with E-state index < -0.39 is 0 Å². The van der Waals surface area contributed by atoms with E-state index in [1.807, 2.05) is 11.0 Å². The molecule has 1 aliphatic heterocycles. The van der Waals surface area contributed by atoms with E-state index in [9.17, 15) is 9.18 Å². The number of carbonyl (C=O) groups is 1. The van der Waals surface area contributed by atoms with Gasteiger partial charge in [-0.2, -0.15) is 5.10 Å². The Morgan fingerprint density at radius 2 is 2.13 bits per heavy atom. The highest BCUT2D eigenvalue weighted by Gasteiger charge is 2.14. The molecule has 9 heteroatoms. The lowest BCUT2D eigenvalue weighted by Gasteiger charge is -2.25. The molecular weight excluding hydrogens is 504 g/mol. The molecule has 2 aromatic rings. The van der Waals surface area contributed by atoms with E-state index >= 15 is 0 Å². The minimum atomic E-state index is -0.306. The highest BCUT2D eigenvalue weighted by atomic mass is 127. The van der Waals surface area contributed by atoms with Gasteiger partial charge >= 0.3 is 0 Å². The van der Waals surface area contributed by atoms with Crippen LogP contribution >= 0.6 is 22.6 Å². The van der Waals surface area contributed by atoms with Crippen LogP contribution in [0.3, 0.4) is 0 Å². The number of hydrogen-bond acceptors (Lipinski definition) is 6. The maximum atomic E-state index is 13.3. The Labute approximate surface area is 188 Å². The van der Waals surface area contributed by atoms with Gasteiger partial charge in [0, 0.05) is 13.1 Å². The zero-order valence-electron chi connectivity index (χ0n) is 16.6. The molecule has 0 saturated carbocycles.